The maximum absolute atomic E-state index is 11.8. The number of benzene rings is 2. The number of non-ortho nitro benzene ring substituents is 1. The number of carbonyl (C=O) groups excluding carboxylic acids is 1. The van der Waals surface area contributed by atoms with Crippen molar-refractivity contribution in [1.82, 2.24) is 5.32 Å². The van der Waals surface area contributed by atoms with Gasteiger partial charge in [0, 0.05) is 31.2 Å². The minimum absolute atomic E-state index is 0.0294. The largest absolute Gasteiger partial charge is 0.484 e. The highest BCUT2D eigenvalue weighted by Crippen LogP contribution is 2.17. The summed E-state index contributed by atoms with van der Waals surface area (Å²) in [4.78, 5) is 21.9. The molecule has 0 saturated carbocycles. The van der Waals surface area contributed by atoms with Crippen molar-refractivity contribution in [1.29, 1.82) is 0 Å². The number of carbonyl (C=O) groups is 1. The smallest absolute Gasteiger partial charge is 0.269 e. The first-order valence-corrected chi connectivity index (χ1v) is 7.87. The lowest BCUT2D eigenvalue weighted by Crippen LogP contribution is -2.35. The van der Waals surface area contributed by atoms with Crippen LogP contribution in [0, 0.1) is 16.0 Å². The molecule has 2 rings (SSSR count). The van der Waals surface area contributed by atoms with Crippen molar-refractivity contribution < 1.29 is 19.6 Å². The summed E-state index contributed by atoms with van der Waals surface area (Å²) in [5, 5.41) is 22.7. The Bertz CT molecular complexity index is 688. The highest BCUT2D eigenvalue weighted by Gasteiger charge is 2.11. The monoisotopic (exact) mass is 344 g/mol. The molecule has 1 amide bonds. The lowest BCUT2D eigenvalue weighted by molar-refractivity contribution is -0.384. The Morgan fingerprint density at radius 1 is 1.16 bits per heavy atom. The van der Waals surface area contributed by atoms with Gasteiger partial charge in [-0.15, -0.1) is 0 Å². The summed E-state index contributed by atoms with van der Waals surface area (Å²) in [7, 11) is 0. The fourth-order valence-corrected chi connectivity index (χ4v) is 2.27. The first-order chi connectivity index (χ1) is 12.1. The SMILES string of the molecule is O=C(COc1ccc([N+](=O)[O-])cc1)NC[C@@H](CO)Cc1ccccc1. The Labute approximate surface area is 145 Å². The van der Waals surface area contributed by atoms with Crippen molar-refractivity contribution in [3.8, 4) is 5.75 Å². The zero-order valence-corrected chi connectivity index (χ0v) is 13.6. The third kappa shape index (κ3) is 6.23. The van der Waals surface area contributed by atoms with Gasteiger partial charge in [0.1, 0.15) is 5.75 Å². The van der Waals surface area contributed by atoms with Crippen molar-refractivity contribution in [2.75, 3.05) is 19.8 Å². The normalized spacial score (nSPS) is 11.6. The van der Waals surface area contributed by atoms with Crippen molar-refractivity contribution in [3.05, 3.63) is 70.3 Å². The average molecular weight is 344 g/mol. The van der Waals surface area contributed by atoms with E-state index in [-0.39, 0.29) is 30.7 Å². The molecule has 0 bridgehead atoms. The van der Waals surface area contributed by atoms with Crippen LogP contribution in [0.1, 0.15) is 5.56 Å². The molecule has 132 valence electrons. The number of nitro benzene ring substituents is 1. The molecule has 7 heteroatoms. The fraction of sp³-hybridized carbons (Fsp3) is 0.278. The van der Waals surface area contributed by atoms with E-state index in [4.69, 9.17) is 4.74 Å². The van der Waals surface area contributed by atoms with E-state index < -0.39 is 4.92 Å². The van der Waals surface area contributed by atoms with Crippen LogP contribution in [0.2, 0.25) is 0 Å². The lowest BCUT2D eigenvalue weighted by Gasteiger charge is -2.15. The van der Waals surface area contributed by atoms with Gasteiger partial charge in [0.15, 0.2) is 6.61 Å². The Morgan fingerprint density at radius 3 is 2.44 bits per heavy atom. The van der Waals surface area contributed by atoms with Gasteiger partial charge in [-0.25, -0.2) is 0 Å². The van der Waals surface area contributed by atoms with E-state index in [1.807, 2.05) is 30.3 Å². The highest BCUT2D eigenvalue weighted by molar-refractivity contribution is 5.77. The third-order valence-electron chi connectivity index (χ3n) is 3.63. The molecule has 25 heavy (non-hydrogen) atoms. The molecule has 0 radical (unpaired) electrons. The summed E-state index contributed by atoms with van der Waals surface area (Å²) >= 11 is 0. The van der Waals surface area contributed by atoms with Crippen LogP contribution in [-0.2, 0) is 11.2 Å². The predicted octanol–water partition coefficient (Wildman–Crippen LogP) is 1.94. The highest BCUT2D eigenvalue weighted by atomic mass is 16.6. The van der Waals surface area contributed by atoms with Crippen molar-refractivity contribution >= 4 is 11.6 Å². The van der Waals surface area contributed by atoms with E-state index >= 15 is 0 Å². The van der Waals surface area contributed by atoms with Gasteiger partial charge >= 0.3 is 0 Å². The minimum Gasteiger partial charge on any atom is -0.484 e. The predicted molar refractivity (Wildman–Crippen MR) is 92.3 cm³/mol. The average Bonchev–Trinajstić information content (AvgIpc) is 2.64. The molecule has 0 aliphatic rings. The molecule has 0 spiro atoms. The first kappa shape index (κ1) is 18.4. The van der Waals surface area contributed by atoms with Crippen LogP contribution in [-0.4, -0.2) is 35.7 Å². The summed E-state index contributed by atoms with van der Waals surface area (Å²) in [6.45, 7) is 0.119. The number of ether oxygens (including phenoxy) is 1. The molecule has 2 aromatic carbocycles. The topological polar surface area (TPSA) is 102 Å². The molecule has 0 aromatic heterocycles. The number of aliphatic hydroxyl groups is 1. The molecule has 0 aliphatic carbocycles. The molecular formula is C18H20N2O5. The van der Waals surface area contributed by atoms with E-state index in [2.05, 4.69) is 5.32 Å². The van der Waals surface area contributed by atoms with E-state index in [1.54, 1.807) is 0 Å². The fourth-order valence-electron chi connectivity index (χ4n) is 2.27. The maximum Gasteiger partial charge on any atom is 0.269 e. The lowest BCUT2D eigenvalue weighted by atomic mass is 10.0. The van der Waals surface area contributed by atoms with E-state index in [9.17, 15) is 20.0 Å². The summed E-state index contributed by atoms with van der Waals surface area (Å²) in [5.41, 5.74) is 1.06. The van der Waals surface area contributed by atoms with Crippen LogP contribution in [0.25, 0.3) is 0 Å². The number of rotatable bonds is 9. The van der Waals surface area contributed by atoms with Gasteiger partial charge in [0.25, 0.3) is 11.6 Å². The van der Waals surface area contributed by atoms with Crippen molar-refractivity contribution in [3.63, 3.8) is 0 Å². The van der Waals surface area contributed by atoms with Gasteiger partial charge in [-0.3, -0.25) is 14.9 Å². The zero-order chi connectivity index (χ0) is 18.1. The van der Waals surface area contributed by atoms with Crippen LogP contribution < -0.4 is 10.1 Å². The van der Waals surface area contributed by atoms with Gasteiger partial charge in [0.05, 0.1) is 4.92 Å². The second kappa shape index (κ2) is 9.39. The Morgan fingerprint density at radius 2 is 1.84 bits per heavy atom. The first-order valence-electron chi connectivity index (χ1n) is 7.87. The van der Waals surface area contributed by atoms with Gasteiger partial charge in [-0.1, -0.05) is 30.3 Å². The van der Waals surface area contributed by atoms with Gasteiger partial charge in [-0.2, -0.15) is 0 Å². The van der Waals surface area contributed by atoms with Crippen molar-refractivity contribution in [2.24, 2.45) is 5.92 Å². The Hall–Kier alpha value is -2.93. The molecular weight excluding hydrogens is 324 g/mol. The number of nitrogens with one attached hydrogen (secondary N) is 1. The molecule has 0 heterocycles. The number of aliphatic hydroxyl groups excluding tert-OH is 1. The maximum atomic E-state index is 11.8. The Balaban J connectivity index is 1.74. The van der Waals surface area contributed by atoms with Crippen LogP contribution >= 0.6 is 0 Å². The quantitative estimate of drug-likeness (QED) is 0.535. The summed E-state index contributed by atoms with van der Waals surface area (Å²) < 4.78 is 5.29. The van der Waals surface area contributed by atoms with Gasteiger partial charge < -0.3 is 15.2 Å². The second-order valence-electron chi connectivity index (χ2n) is 5.58. The molecule has 7 nitrogen and oxygen atoms in total. The molecule has 2 aromatic rings. The van der Waals surface area contributed by atoms with Crippen molar-refractivity contribution in [2.45, 2.75) is 6.42 Å². The molecule has 2 N–H and O–H groups in total. The Kier molecular flexibility index (Phi) is 6.91. The van der Waals surface area contributed by atoms with E-state index in [0.29, 0.717) is 18.7 Å². The molecule has 0 aliphatic heterocycles. The molecule has 1 atom stereocenters. The summed E-state index contributed by atoms with van der Waals surface area (Å²) in [6.07, 6.45) is 0.667. The van der Waals surface area contributed by atoms with Crippen LogP contribution in [0.4, 0.5) is 5.69 Å². The zero-order valence-electron chi connectivity index (χ0n) is 13.6. The summed E-state index contributed by atoms with van der Waals surface area (Å²) in [6, 6.07) is 15.2. The minimum atomic E-state index is -0.502. The number of hydrogen-bond acceptors (Lipinski definition) is 5. The van der Waals surface area contributed by atoms with Crippen LogP contribution in [0.3, 0.4) is 0 Å². The standard InChI is InChI=1S/C18H20N2O5/c21-12-15(10-14-4-2-1-3-5-14)11-19-18(22)13-25-17-8-6-16(7-9-17)20(23)24/h1-9,15,21H,10-13H2,(H,19,22)/t15-/m0/s1. The summed E-state index contributed by atoms with van der Waals surface area (Å²) in [5.74, 6) is -0.0145. The molecule has 0 saturated heterocycles. The number of hydrogen-bond donors (Lipinski definition) is 2. The number of nitrogens with zero attached hydrogens (tertiary/aromatic N) is 1. The van der Waals surface area contributed by atoms with Gasteiger partial charge in [0.2, 0.25) is 0 Å². The van der Waals surface area contributed by atoms with Gasteiger partial charge in [-0.05, 0) is 24.1 Å². The number of amides is 1. The van der Waals surface area contributed by atoms with Crippen LogP contribution in [0.15, 0.2) is 54.6 Å². The number of nitro groups is 1. The molecule has 0 unspecified atom stereocenters. The van der Waals surface area contributed by atoms with Crippen LogP contribution in [0.5, 0.6) is 5.75 Å². The third-order valence-corrected chi connectivity index (χ3v) is 3.63. The van der Waals surface area contributed by atoms with E-state index in [1.165, 1.54) is 24.3 Å². The second-order valence-corrected chi connectivity index (χ2v) is 5.58. The molecule has 0 fully saturated rings. The van der Waals surface area contributed by atoms with E-state index in [0.717, 1.165) is 5.56 Å².